The van der Waals surface area contributed by atoms with Gasteiger partial charge in [-0.2, -0.15) is 4.31 Å². The summed E-state index contributed by atoms with van der Waals surface area (Å²) in [7, 11) is -1.89. The van der Waals surface area contributed by atoms with Crippen molar-refractivity contribution in [3.63, 3.8) is 0 Å². The lowest BCUT2D eigenvalue weighted by atomic mass is 10.0. The second kappa shape index (κ2) is 8.43. The van der Waals surface area contributed by atoms with E-state index in [1.54, 1.807) is 29.0 Å². The topological polar surface area (TPSA) is 84.3 Å². The number of rotatable bonds is 5. The highest BCUT2D eigenvalue weighted by atomic mass is 32.2. The molecule has 3 aromatic rings. The van der Waals surface area contributed by atoms with Gasteiger partial charge >= 0.3 is 0 Å². The number of hydrogen-bond acceptors (Lipinski definition) is 4. The molecule has 7 nitrogen and oxygen atoms in total. The first-order valence-corrected chi connectivity index (χ1v) is 12.0. The molecule has 2 aromatic heterocycles. The van der Waals surface area contributed by atoms with Crippen molar-refractivity contribution in [2.75, 3.05) is 13.1 Å². The van der Waals surface area contributed by atoms with Crippen LogP contribution >= 0.6 is 0 Å². The van der Waals surface area contributed by atoms with Crippen molar-refractivity contribution >= 4 is 26.8 Å². The summed E-state index contributed by atoms with van der Waals surface area (Å²) in [5, 5.41) is 3.92. The fraction of sp³-hybridized carbons (Fsp3) is 0.391. The molecule has 8 heteroatoms. The molecular formula is C23H28N4O3S. The van der Waals surface area contributed by atoms with E-state index >= 15 is 0 Å². The molecule has 0 atom stereocenters. The van der Waals surface area contributed by atoms with Gasteiger partial charge in [0.2, 0.25) is 10.0 Å². The Morgan fingerprint density at radius 1 is 1.19 bits per heavy atom. The van der Waals surface area contributed by atoms with Gasteiger partial charge < -0.3 is 9.88 Å². The zero-order chi connectivity index (χ0) is 22.2. The Bertz CT molecular complexity index is 1220. The van der Waals surface area contributed by atoms with E-state index in [2.05, 4.69) is 17.2 Å². The number of nitrogens with zero attached hydrogens (tertiary/aromatic N) is 3. The number of amides is 1. The van der Waals surface area contributed by atoms with Crippen LogP contribution in [0.5, 0.6) is 0 Å². The lowest BCUT2D eigenvalue weighted by molar-refractivity contribution is 0.0942. The third-order valence-corrected chi connectivity index (χ3v) is 8.22. The third kappa shape index (κ3) is 4.22. The number of hydrogen-bond donors (Lipinski definition) is 1. The van der Waals surface area contributed by atoms with Gasteiger partial charge in [0.25, 0.3) is 5.91 Å². The number of aromatic nitrogens is 2. The zero-order valence-corrected chi connectivity index (χ0v) is 18.9. The minimum absolute atomic E-state index is 0.214. The van der Waals surface area contributed by atoms with E-state index in [0.717, 1.165) is 29.3 Å². The van der Waals surface area contributed by atoms with E-state index in [9.17, 15) is 13.2 Å². The third-order valence-electron chi connectivity index (χ3n) is 6.20. The van der Waals surface area contributed by atoms with E-state index < -0.39 is 10.0 Å². The first kappa shape index (κ1) is 21.5. The van der Waals surface area contributed by atoms with E-state index in [0.29, 0.717) is 36.9 Å². The van der Waals surface area contributed by atoms with Crippen LogP contribution in [-0.2, 0) is 23.6 Å². The number of benzene rings is 1. The molecule has 0 unspecified atom stereocenters. The molecule has 1 saturated heterocycles. The van der Waals surface area contributed by atoms with E-state index in [1.807, 2.05) is 30.3 Å². The lowest BCUT2D eigenvalue weighted by Crippen LogP contribution is -2.38. The van der Waals surface area contributed by atoms with Crippen molar-refractivity contribution in [1.82, 2.24) is 19.2 Å². The Morgan fingerprint density at radius 2 is 1.94 bits per heavy atom. The van der Waals surface area contributed by atoms with Crippen LogP contribution in [-0.4, -0.2) is 41.3 Å². The first-order chi connectivity index (χ1) is 14.8. The Labute approximate surface area is 183 Å². The van der Waals surface area contributed by atoms with Crippen molar-refractivity contribution in [2.24, 2.45) is 13.0 Å². The Hall–Kier alpha value is -2.71. The smallest absolute Gasteiger partial charge is 0.268 e. The average molecular weight is 441 g/mol. The summed E-state index contributed by atoms with van der Waals surface area (Å²) in [4.78, 5) is 17.4. The summed E-state index contributed by atoms with van der Waals surface area (Å²) in [6.07, 6.45) is 3.47. The summed E-state index contributed by atoms with van der Waals surface area (Å²) in [5.41, 5.74) is 2.76. The summed E-state index contributed by atoms with van der Waals surface area (Å²) in [6, 6.07) is 11.2. The minimum Gasteiger partial charge on any atom is -0.347 e. The van der Waals surface area contributed by atoms with Gasteiger partial charge in [-0.1, -0.05) is 19.1 Å². The molecule has 0 aliphatic carbocycles. The van der Waals surface area contributed by atoms with Crippen LogP contribution < -0.4 is 5.32 Å². The highest BCUT2D eigenvalue weighted by Crippen LogP contribution is 2.27. The maximum absolute atomic E-state index is 13.2. The molecule has 0 spiro atoms. The largest absolute Gasteiger partial charge is 0.347 e. The predicted molar refractivity (Wildman–Crippen MR) is 120 cm³/mol. The summed E-state index contributed by atoms with van der Waals surface area (Å²) in [5.74, 6) is 0.237. The number of carbonyl (C=O) groups is 1. The Balaban J connectivity index is 1.52. The van der Waals surface area contributed by atoms with Crippen molar-refractivity contribution in [2.45, 2.75) is 38.1 Å². The molecule has 1 aliphatic heterocycles. The highest BCUT2D eigenvalue weighted by Gasteiger charge is 2.32. The van der Waals surface area contributed by atoms with Crippen LogP contribution in [0.1, 0.15) is 41.5 Å². The molecule has 1 aromatic carbocycles. The molecule has 3 heterocycles. The maximum atomic E-state index is 13.2. The zero-order valence-electron chi connectivity index (χ0n) is 18.1. The molecule has 0 radical (unpaired) electrons. The summed E-state index contributed by atoms with van der Waals surface area (Å²) in [6.45, 7) is 5.28. The Kier molecular flexibility index (Phi) is 5.85. The monoisotopic (exact) mass is 440 g/mol. The van der Waals surface area contributed by atoms with Gasteiger partial charge in [0.05, 0.1) is 5.52 Å². The van der Waals surface area contributed by atoms with Crippen LogP contribution in [0.15, 0.2) is 47.5 Å². The fourth-order valence-corrected chi connectivity index (χ4v) is 5.76. The van der Waals surface area contributed by atoms with Crippen molar-refractivity contribution in [3.8, 4) is 0 Å². The standard InChI is InChI=1S/C23H28N4O3S/c1-16-8-11-27(12-9-16)31(29,30)22-14-21(26(3)17(22)2)23(28)25-15-18-6-7-20-19(13-18)5-4-10-24-20/h4-7,10,13-14,16H,8-9,11-12,15H2,1-3H3,(H,25,28). The highest BCUT2D eigenvalue weighted by molar-refractivity contribution is 7.89. The molecular weight excluding hydrogens is 412 g/mol. The second-order valence-electron chi connectivity index (χ2n) is 8.34. The minimum atomic E-state index is -3.62. The molecule has 0 bridgehead atoms. The molecule has 1 fully saturated rings. The van der Waals surface area contributed by atoms with Crippen LogP contribution in [0.4, 0.5) is 0 Å². The molecule has 0 saturated carbocycles. The SMILES string of the molecule is Cc1c(S(=O)(=O)N2CCC(C)CC2)cc(C(=O)NCc2ccc3ncccc3c2)n1C. The molecule has 1 N–H and O–H groups in total. The summed E-state index contributed by atoms with van der Waals surface area (Å²) >= 11 is 0. The summed E-state index contributed by atoms with van der Waals surface area (Å²) < 4.78 is 29.6. The number of pyridine rings is 1. The fourth-order valence-electron chi connectivity index (χ4n) is 4.02. The van der Waals surface area contributed by atoms with Gasteiger partial charge in [0.15, 0.2) is 0 Å². The molecule has 164 valence electrons. The van der Waals surface area contributed by atoms with Gasteiger partial charge in [0.1, 0.15) is 10.6 Å². The second-order valence-corrected chi connectivity index (χ2v) is 10.2. The van der Waals surface area contributed by atoms with Crippen LogP contribution in [0.3, 0.4) is 0 Å². The van der Waals surface area contributed by atoms with Gasteiger partial charge in [-0.3, -0.25) is 9.78 Å². The lowest BCUT2D eigenvalue weighted by Gasteiger charge is -2.29. The molecule has 31 heavy (non-hydrogen) atoms. The van der Waals surface area contributed by atoms with Gasteiger partial charge in [-0.05, 0) is 55.5 Å². The van der Waals surface area contributed by atoms with Crippen molar-refractivity contribution in [3.05, 3.63) is 59.5 Å². The van der Waals surface area contributed by atoms with Gasteiger partial charge in [-0.25, -0.2) is 8.42 Å². The van der Waals surface area contributed by atoms with Gasteiger partial charge in [0, 0.05) is 44.0 Å². The van der Waals surface area contributed by atoms with E-state index in [1.165, 1.54) is 6.07 Å². The Morgan fingerprint density at radius 3 is 2.68 bits per heavy atom. The molecule has 1 amide bonds. The number of fused-ring (bicyclic) bond motifs is 1. The normalized spacial score (nSPS) is 16.0. The van der Waals surface area contributed by atoms with Crippen LogP contribution in [0.25, 0.3) is 10.9 Å². The quantitative estimate of drug-likeness (QED) is 0.660. The molecule has 1 aliphatic rings. The van der Waals surface area contributed by atoms with E-state index in [4.69, 9.17) is 0 Å². The maximum Gasteiger partial charge on any atom is 0.268 e. The molecule has 4 rings (SSSR count). The van der Waals surface area contributed by atoms with Gasteiger partial charge in [-0.15, -0.1) is 0 Å². The van der Waals surface area contributed by atoms with Crippen molar-refractivity contribution in [1.29, 1.82) is 0 Å². The average Bonchev–Trinajstić information content (AvgIpc) is 3.07. The van der Waals surface area contributed by atoms with Crippen LogP contribution in [0, 0.1) is 12.8 Å². The first-order valence-electron chi connectivity index (χ1n) is 10.6. The number of carbonyl (C=O) groups excluding carboxylic acids is 1. The number of nitrogens with one attached hydrogen (secondary N) is 1. The number of sulfonamides is 1. The van der Waals surface area contributed by atoms with E-state index in [-0.39, 0.29) is 10.8 Å². The van der Waals surface area contributed by atoms with Crippen molar-refractivity contribution < 1.29 is 13.2 Å². The predicted octanol–water partition coefficient (Wildman–Crippen LogP) is 3.23. The van der Waals surface area contributed by atoms with Crippen LogP contribution in [0.2, 0.25) is 0 Å². The number of piperidine rings is 1.